The zero-order valence-corrected chi connectivity index (χ0v) is 9.23. The van der Waals surface area contributed by atoms with Gasteiger partial charge in [0.1, 0.15) is 5.82 Å². The molecule has 1 aliphatic carbocycles. The molecule has 0 amide bonds. The van der Waals surface area contributed by atoms with E-state index in [1.807, 2.05) is 13.8 Å². The highest BCUT2D eigenvalue weighted by molar-refractivity contribution is 5.24. The van der Waals surface area contributed by atoms with Crippen LogP contribution < -0.4 is 5.73 Å². The van der Waals surface area contributed by atoms with E-state index in [4.69, 9.17) is 5.73 Å². The maximum absolute atomic E-state index is 13.4. The van der Waals surface area contributed by atoms with Gasteiger partial charge < -0.3 is 5.73 Å². The average Bonchev–Trinajstić information content (AvgIpc) is 2.64. The Labute approximate surface area is 92.5 Å². The number of nitrogens with two attached hydrogens (primary N) is 1. The van der Waals surface area contributed by atoms with Gasteiger partial charge in [-0.05, 0) is 29.4 Å². The van der Waals surface area contributed by atoms with Crippen LogP contribution in [0.25, 0.3) is 0 Å². The van der Waals surface area contributed by atoms with Gasteiger partial charge in [-0.15, -0.1) is 0 Å². The summed E-state index contributed by atoms with van der Waals surface area (Å²) in [6.07, 6.45) is 0.358. The molecule has 0 radical (unpaired) electrons. The minimum absolute atomic E-state index is 0.0000132. The van der Waals surface area contributed by atoms with Crippen LogP contribution >= 0.6 is 0 Å². The molecule has 1 saturated carbocycles. The van der Waals surface area contributed by atoms with Crippen molar-refractivity contribution in [3.8, 4) is 0 Å². The van der Waals surface area contributed by atoms with Crippen molar-refractivity contribution >= 4 is 0 Å². The van der Waals surface area contributed by atoms with Crippen LogP contribution in [0.5, 0.6) is 0 Å². The Bertz CT molecular complexity index is 429. The van der Waals surface area contributed by atoms with Gasteiger partial charge in [0.25, 0.3) is 0 Å². The van der Waals surface area contributed by atoms with Gasteiger partial charge >= 0.3 is 0 Å². The van der Waals surface area contributed by atoms with E-state index in [9.17, 15) is 13.2 Å². The molecule has 0 bridgehead atoms. The molecule has 0 aliphatic heterocycles. The number of rotatable bonds is 2. The minimum atomic E-state index is -1.15. The van der Waals surface area contributed by atoms with Crippen LogP contribution in [0.4, 0.5) is 13.2 Å². The van der Waals surface area contributed by atoms with E-state index in [-0.39, 0.29) is 22.9 Å². The van der Waals surface area contributed by atoms with Crippen molar-refractivity contribution in [1.29, 1.82) is 0 Å². The highest BCUT2D eigenvalue weighted by atomic mass is 19.2. The lowest BCUT2D eigenvalue weighted by molar-refractivity contribution is 0.483. The number of hydrogen-bond donors (Lipinski definition) is 1. The van der Waals surface area contributed by atoms with Crippen molar-refractivity contribution < 1.29 is 13.2 Å². The van der Waals surface area contributed by atoms with Gasteiger partial charge in [-0.2, -0.15) is 0 Å². The molecule has 2 rings (SSSR count). The molecule has 0 aromatic heterocycles. The average molecular weight is 229 g/mol. The van der Waals surface area contributed by atoms with E-state index in [1.165, 1.54) is 0 Å². The van der Waals surface area contributed by atoms with Crippen molar-refractivity contribution in [3.05, 3.63) is 35.1 Å². The Balaban J connectivity index is 2.20. The fourth-order valence-corrected chi connectivity index (χ4v) is 2.13. The SMILES string of the molecule is CC1(C)C(N)C1Cc1cc(F)c(F)cc1F. The van der Waals surface area contributed by atoms with E-state index >= 15 is 0 Å². The van der Waals surface area contributed by atoms with Crippen LogP contribution in [0.1, 0.15) is 19.4 Å². The molecule has 4 heteroatoms. The second kappa shape index (κ2) is 3.48. The predicted octanol–water partition coefficient (Wildman–Crippen LogP) is 2.63. The minimum Gasteiger partial charge on any atom is -0.327 e. The molecule has 1 aromatic rings. The van der Waals surface area contributed by atoms with E-state index < -0.39 is 17.5 Å². The summed E-state index contributed by atoms with van der Waals surface area (Å²) >= 11 is 0. The molecular formula is C12H14F3N. The third-order valence-electron chi connectivity index (χ3n) is 3.67. The largest absolute Gasteiger partial charge is 0.327 e. The first kappa shape index (κ1) is 11.5. The Morgan fingerprint density at radius 3 is 2.12 bits per heavy atom. The van der Waals surface area contributed by atoms with Crippen molar-refractivity contribution in [1.82, 2.24) is 0 Å². The third kappa shape index (κ3) is 1.71. The maximum Gasteiger partial charge on any atom is 0.161 e. The van der Waals surface area contributed by atoms with E-state index in [0.29, 0.717) is 12.5 Å². The normalized spacial score (nSPS) is 26.9. The molecule has 88 valence electrons. The summed E-state index contributed by atoms with van der Waals surface area (Å²) in [4.78, 5) is 0. The van der Waals surface area contributed by atoms with Gasteiger partial charge in [0, 0.05) is 12.1 Å². The summed E-state index contributed by atoms with van der Waals surface area (Å²) in [6.45, 7) is 3.97. The van der Waals surface area contributed by atoms with Crippen LogP contribution in [0.15, 0.2) is 12.1 Å². The first-order valence-electron chi connectivity index (χ1n) is 5.23. The fraction of sp³-hybridized carbons (Fsp3) is 0.500. The molecule has 1 aromatic carbocycles. The summed E-state index contributed by atoms with van der Waals surface area (Å²) in [5.74, 6) is -2.73. The summed E-state index contributed by atoms with van der Waals surface area (Å²) in [6, 6.07) is 1.51. The molecule has 1 aliphatic rings. The maximum atomic E-state index is 13.4. The first-order chi connectivity index (χ1) is 7.34. The third-order valence-corrected chi connectivity index (χ3v) is 3.67. The smallest absolute Gasteiger partial charge is 0.161 e. The molecule has 2 N–H and O–H groups in total. The van der Waals surface area contributed by atoms with E-state index in [0.717, 1.165) is 6.07 Å². The lowest BCUT2D eigenvalue weighted by atomic mass is 10.0. The summed E-state index contributed by atoms with van der Waals surface area (Å²) in [5.41, 5.74) is 5.97. The molecule has 0 heterocycles. The van der Waals surface area contributed by atoms with Crippen LogP contribution in [0.3, 0.4) is 0 Å². The number of halogens is 3. The molecule has 1 fully saturated rings. The lowest BCUT2D eigenvalue weighted by Crippen LogP contribution is -2.07. The molecule has 0 saturated heterocycles. The zero-order chi connectivity index (χ0) is 12.1. The topological polar surface area (TPSA) is 26.0 Å². The second-order valence-electron chi connectivity index (χ2n) is 5.02. The second-order valence-corrected chi connectivity index (χ2v) is 5.02. The van der Waals surface area contributed by atoms with Gasteiger partial charge in [0.05, 0.1) is 0 Å². The van der Waals surface area contributed by atoms with Gasteiger partial charge in [-0.3, -0.25) is 0 Å². The Kier molecular flexibility index (Phi) is 2.49. The van der Waals surface area contributed by atoms with Crippen molar-refractivity contribution in [2.75, 3.05) is 0 Å². The lowest BCUT2D eigenvalue weighted by Gasteiger charge is -2.05. The summed E-state index contributed by atoms with van der Waals surface area (Å²) < 4.78 is 39.0. The predicted molar refractivity (Wildman–Crippen MR) is 55.3 cm³/mol. The monoisotopic (exact) mass is 229 g/mol. The van der Waals surface area contributed by atoms with Crippen molar-refractivity contribution in [2.45, 2.75) is 26.3 Å². The summed E-state index contributed by atoms with van der Waals surface area (Å²) in [5, 5.41) is 0. The highest BCUT2D eigenvalue weighted by Crippen LogP contribution is 2.52. The van der Waals surface area contributed by atoms with Crippen LogP contribution in [-0.4, -0.2) is 6.04 Å². The molecule has 2 unspecified atom stereocenters. The molecule has 1 nitrogen and oxygen atoms in total. The molecule has 0 spiro atoms. The van der Waals surface area contributed by atoms with Crippen molar-refractivity contribution in [3.63, 3.8) is 0 Å². The van der Waals surface area contributed by atoms with Gasteiger partial charge in [-0.1, -0.05) is 13.8 Å². The fourth-order valence-electron chi connectivity index (χ4n) is 2.13. The summed E-state index contributed by atoms with van der Waals surface area (Å²) in [7, 11) is 0. The molecule has 16 heavy (non-hydrogen) atoms. The first-order valence-corrected chi connectivity index (χ1v) is 5.23. The quantitative estimate of drug-likeness (QED) is 0.775. The Morgan fingerprint density at radius 2 is 1.62 bits per heavy atom. The van der Waals surface area contributed by atoms with Crippen LogP contribution in [0.2, 0.25) is 0 Å². The van der Waals surface area contributed by atoms with Crippen LogP contribution in [0, 0.1) is 28.8 Å². The van der Waals surface area contributed by atoms with Crippen molar-refractivity contribution in [2.24, 2.45) is 17.1 Å². The molecular weight excluding hydrogens is 215 g/mol. The van der Waals surface area contributed by atoms with E-state index in [2.05, 4.69) is 0 Å². The van der Waals surface area contributed by atoms with Gasteiger partial charge in [0.15, 0.2) is 11.6 Å². The Hall–Kier alpha value is -1.03. The van der Waals surface area contributed by atoms with E-state index in [1.54, 1.807) is 0 Å². The standard InChI is InChI=1S/C12H14F3N/c1-12(2)7(11(12)16)3-6-4-9(14)10(15)5-8(6)13/h4-5,7,11H,3,16H2,1-2H3. The zero-order valence-electron chi connectivity index (χ0n) is 9.23. The number of hydrogen-bond acceptors (Lipinski definition) is 1. The Morgan fingerprint density at radius 1 is 1.12 bits per heavy atom. The number of benzene rings is 1. The highest BCUT2D eigenvalue weighted by Gasteiger charge is 2.55. The van der Waals surface area contributed by atoms with Crippen LogP contribution in [-0.2, 0) is 6.42 Å². The molecule has 2 atom stereocenters. The van der Waals surface area contributed by atoms with Gasteiger partial charge in [-0.25, -0.2) is 13.2 Å². The van der Waals surface area contributed by atoms with Gasteiger partial charge in [0.2, 0.25) is 0 Å².